The van der Waals surface area contributed by atoms with E-state index in [9.17, 15) is 18.0 Å². The first-order valence-corrected chi connectivity index (χ1v) is 12.2. The maximum atomic E-state index is 13.8. The molecule has 2 saturated heterocycles. The van der Waals surface area contributed by atoms with Crippen molar-refractivity contribution in [1.82, 2.24) is 9.91 Å². The molecule has 0 radical (unpaired) electrons. The first-order chi connectivity index (χ1) is 16.7. The van der Waals surface area contributed by atoms with Crippen LogP contribution >= 0.6 is 0 Å². The van der Waals surface area contributed by atoms with Gasteiger partial charge in [-0.05, 0) is 25.2 Å². The third kappa shape index (κ3) is 4.27. The van der Waals surface area contributed by atoms with Gasteiger partial charge in [-0.15, -0.1) is 0 Å². The zero-order valence-corrected chi connectivity index (χ0v) is 20.1. The fraction of sp³-hybridized carbons (Fsp3) is 0.826. The van der Waals surface area contributed by atoms with Crippen LogP contribution in [-0.2, 0) is 19.0 Å². The highest BCUT2D eigenvalue weighted by Gasteiger charge is 2.63. The third-order valence-corrected chi connectivity index (χ3v) is 7.85. The number of carbonyl (C=O) groups excluding carboxylic acids is 1. The maximum Gasteiger partial charge on any atom is 0.407 e. The van der Waals surface area contributed by atoms with Crippen LogP contribution in [0.1, 0.15) is 32.6 Å². The second-order valence-electron chi connectivity index (χ2n) is 10.1. The number of rotatable bonds is 5. The lowest BCUT2D eigenvalue weighted by molar-refractivity contribution is -0.152. The number of alkyl halides is 3. The summed E-state index contributed by atoms with van der Waals surface area (Å²) >= 11 is 0. The molecule has 5 aliphatic rings. The fourth-order valence-electron chi connectivity index (χ4n) is 6.33. The van der Waals surface area contributed by atoms with Gasteiger partial charge in [0.2, 0.25) is 5.91 Å². The quantitative estimate of drug-likeness (QED) is 0.578. The minimum absolute atomic E-state index is 0.00485. The molecular formula is C23H32F3N5O4. The minimum Gasteiger partial charge on any atom is -0.377 e. The van der Waals surface area contributed by atoms with Crippen molar-refractivity contribution in [3.63, 3.8) is 0 Å². The van der Waals surface area contributed by atoms with Crippen molar-refractivity contribution in [1.29, 1.82) is 0 Å². The van der Waals surface area contributed by atoms with E-state index in [0.29, 0.717) is 31.6 Å². The molecule has 194 valence electrons. The minimum atomic E-state index is -4.37. The molecule has 1 amide bonds. The molecule has 1 spiro atoms. The van der Waals surface area contributed by atoms with Gasteiger partial charge in [0.1, 0.15) is 12.6 Å². The third-order valence-electron chi connectivity index (χ3n) is 7.85. The number of hydrogen-bond donors (Lipinski definition) is 0. The van der Waals surface area contributed by atoms with E-state index >= 15 is 0 Å². The number of aliphatic imine (C=N–C) groups is 2. The lowest BCUT2D eigenvalue weighted by Crippen LogP contribution is -2.56. The lowest BCUT2D eigenvalue weighted by atomic mass is 9.76. The van der Waals surface area contributed by atoms with Gasteiger partial charge in [-0.2, -0.15) is 18.3 Å². The second kappa shape index (κ2) is 9.11. The van der Waals surface area contributed by atoms with Crippen molar-refractivity contribution < 1.29 is 32.2 Å². The van der Waals surface area contributed by atoms with Gasteiger partial charge >= 0.3 is 6.18 Å². The highest BCUT2D eigenvalue weighted by Crippen LogP contribution is 2.48. The first-order valence-electron chi connectivity index (χ1n) is 12.2. The van der Waals surface area contributed by atoms with E-state index in [2.05, 4.69) is 10.1 Å². The average molecular weight is 500 g/mol. The van der Waals surface area contributed by atoms with E-state index in [0.717, 1.165) is 11.4 Å². The monoisotopic (exact) mass is 499 g/mol. The number of ether oxygens (including phenoxy) is 3. The summed E-state index contributed by atoms with van der Waals surface area (Å²) in [5.74, 6) is -0.543. The molecule has 0 bridgehead atoms. The van der Waals surface area contributed by atoms with Crippen molar-refractivity contribution in [3.8, 4) is 0 Å². The summed E-state index contributed by atoms with van der Waals surface area (Å²) in [4.78, 5) is 25.0. The van der Waals surface area contributed by atoms with Crippen molar-refractivity contribution in [3.05, 3.63) is 0 Å². The Bertz CT molecular complexity index is 919. The average Bonchev–Trinajstić information content (AvgIpc) is 3.52. The standard InChI is InChI=1S/C23H32F3N5O4/c1-13-7-16(14-8-17(33-2)20(34-3)27-9-14)29-19-18(13)21(32)31(22(19)5-4-6-35-22)15-10-28-30(11-15)12-23(24,25)26/h9-10,13-18,20H,4-8,11-12H2,1-3H3. The van der Waals surface area contributed by atoms with Crippen LogP contribution < -0.4 is 0 Å². The van der Waals surface area contributed by atoms with Gasteiger partial charge in [0.15, 0.2) is 12.0 Å². The van der Waals surface area contributed by atoms with Crippen LogP contribution in [0.5, 0.6) is 0 Å². The molecule has 2 fully saturated rings. The number of fused-ring (bicyclic) bond motifs is 2. The molecule has 0 aromatic rings. The van der Waals surface area contributed by atoms with Crippen molar-refractivity contribution in [2.24, 2.45) is 32.8 Å². The van der Waals surface area contributed by atoms with E-state index in [1.807, 2.05) is 13.1 Å². The Kier molecular flexibility index (Phi) is 6.41. The Labute approximate surface area is 202 Å². The largest absolute Gasteiger partial charge is 0.407 e. The molecule has 0 aliphatic carbocycles. The number of halogens is 3. The Balaban J connectivity index is 1.44. The number of likely N-dealkylation sites (tertiary alicyclic amines) is 1. The normalized spacial score (nSPS) is 41.3. The van der Waals surface area contributed by atoms with Gasteiger partial charge in [-0.1, -0.05) is 6.92 Å². The van der Waals surface area contributed by atoms with Crippen LogP contribution in [0, 0.1) is 17.8 Å². The lowest BCUT2D eigenvalue weighted by Gasteiger charge is -2.39. The SMILES string of the molecule is COC1CC(C2CC(C)C3C(=O)N(C4C=NN(CC(F)(F)F)C4)C4(CCCO4)C3=N2)C=NC1OC. The summed E-state index contributed by atoms with van der Waals surface area (Å²) in [5.41, 5.74) is -0.316. The molecule has 0 N–H and O–H groups in total. The smallest absolute Gasteiger partial charge is 0.377 e. The highest BCUT2D eigenvalue weighted by molar-refractivity contribution is 6.16. The molecule has 35 heavy (non-hydrogen) atoms. The van der Waals surface area contributed by atoms with Crippen LogP contribution in [-0.4, -0.2) is 104 Å². The molecular weight excluding hydrogens is 467 g/mol. The first kappa shape index (κ1) is 24.6. The summed E-state index contributed by atoms with van der Waals surface area (Å²) in [5, 5.41) is 4.91. The molecule has 5 heterocycles. The number of amides is 1. The summed E-state index contributed by atoms with van der Waals surface area (Å²) in [7, 11) is 3.24. The van der Waals surface area contributed by atoms with Gasteiger partial charge < -0.3 is 14.2 Å². The van der Waals surface area contributed by atoms with E-state index in [-0.39, 0.29) is 42.7 Å². The van der Waals surface area contributed by atoms with Crippen LogP contribution in [0.2, 0.25) is 0 Å². The summed E-state index contributed by atoms with van der Waals surface area (Å²) in [6, 6.07) is -0.693. The molecule has 8 atom stereocenters. The van der Waals surface area contributed by atoms with Crippen LogP contribution in [0.15, 0.2) is 15.1 Å². The van der Waals surface area contributed by atoms with Gasteiger partial charge in [0.25, 0.3) is 0 Å². The molecule has 8 unspecified atom stereocenters. The second-order valence-corrected chi connectivity index (χ2v) is 10.1. The van der Waals surface area contributed by atoms with Crippen LogP contribution in [0.3, 0.4) is 0 Å². The number of carbonyl (C=O) groups is 1. The zero-order chi connectivity index (χ0) is 25.0. The maximum absolute atomic E-state index is 13.8. The Hall–Kier alpha value is -2.05. The van der Waals surface area contributed by atoms with Gasteiger partial charge in [0.05, 0.1) is 36.9 Å². The number of methoxy groups -OCH3 is 2. The van der Waals surface area contributed by atoms with Crippen molar-refractivity contribution in [2.45, 2.75) is 68.9 Å². The van der Waals surface area contributed by atoms with Crippen LogP contribution in [0.4, 0.5) is 13.2 Å². The molecule has 0 aromatic heterocycles. The molecule has 12 heteroatoms. The highest BCUT2D eigenvalue weighted by atomic mass is 19.4. The Morgan fingerprint density at radius 1 is 1.23 bits per heavy atom. The Morgan fingerprint density at radius 3 is 2.69 bits per heavy atom. The number of nitrogens with zero attached hydrogens (tertiary/aromatic N) is 5. The molecule has 5 aliphatic heterocycles. The van der Waals surface area contributed by atoms with Gasteiger partial charge in [-0.25, -0.2) is 0 Å². The summed E-state index contributed by atoms with van der Waals surface area (Å²) in [6.07, 6.45) is 1.14. The van der Waals surface area contributed by atoms with E-state index in [4.69, 9.17) is 19.2 Å². The molecule has 5 rings (SSSR count). The van der Waals surface area contributed by atoms with E-state index < -0.39 is 30.4 Å². The Morgan fingerprint density at radius 2 is 2.03 bits per heavy atom. The molecule has 0 aromatic carbocycles. The predicted octanol–water partition coefficient (Wildman–Crippen LogP) is 2.11. The predicted molar refractivity (Wildman–Crippen MR) is 121 cm³/mol. The molecule has 0 saturated carbocycles. The van der Waals surface area contributed by atoms with Crippen LogP contribution in [0.25, 0.3) is 0 Å². The topological polar surface area (TPSA) is 88.3 Å². The van der Waals surface area contributed by atoms with Crippen molar-refractivity contribution >= 4 is 24.0 Å². The summed E-state index contributed by atoms with van der Waals surface area (Å²) in [6.45, 7) is 1.35. The number of hydrazone groups is 1. The van der Waals surface area contributed by atoms with Gasteiger partial charge in [0, 0.05) is 39.0 Å². The van der Waals surface area contributed by atoms with Gasteiger partial charge in [-0.3, -0.25) is 24.7 Å². The van der Waals surface area contributed by atoms with E-state index in [1.54, 1.807) is 19.1 Å². The summed E-state index contributed by atoms with van der Waals surface area (Å²) < 4.78 is 56.0. The zero-order valence-electron chi connectivity index (χ0n) is 20.1. The number of hydrogen-bond acceptors (Lipinski definition) is 8. The van der Waals surface area contributed by atoms with E-state index in [1.165, 1.54) is 6.21 Å². The molecule has 9 nitrogen and oxygen atoms in total. The fourth-order valence-corrected chi connectivity index (χ4v) is 6.33. The van der Waals surface area contributed by atoms with Crippen molar-refractivity contribution in [2.75, 3.05) is 33.9 Å².